The van der Waals surface area contributed by atoms with Crippen molar-refractivity contribution in [3.8, 4) is 18.1 Å². The molecule has 3 N–H and O–H groups in total. The van der Waals surface area contributed by atoms with Crippen LogP contribution in [0.15, 0.2) is 42.5 Å². The summed E-state index contributed by atoms with van der Waals surface area (Å²) in [6.45, 7) is 0.896. The Morgan fingerprint density at radius 2 is 2.11 bits per heavy atom. The zero-order valence-electron chi connectivity index (χ0n) is 20.3. The van der Waals surface area contributed by atoms with Crippen molar-refractivity contribution in [3.05, 3.63) is 64.3 Å². The van der Waals surface area contributed by atoms with Gasteiger partial charge in [0.1, 0.15) is 17.5 Å². The van der Waals surface area contributed by atoms with Crippen molar-refractivity contribution in [2.24, 2.45) is 5.92 Å². The third-order valence-electron chi connectivity index (χ3n) is 7.15. The van der Waals surface area contributed by atoms with E-state index in [4.69, 9.17) is 22.8 Å². The van der Waals surface area contributed by atoms with Crippen LogP contribution >= 0.6 is 11.6 Å². The van der Waals surface area contributed by atoms with E-state index in [2.05, 4.69) is 21.5 Å². The first-order valence-electron chi connectivity index (χ1n) is 12.2. The number of ether oxygens (including phenoxy) is 1. The van der Waals surface area contributed by atoms with Gasteiger partial charge < -0.3 is 25.3 Å². The lowest BCUT2D eigenvalue weighted by molar-refractivity contribution is -0.127. The number of terminal acetylenes is 1. The van der Waals surface area contributed by atoms with Crippen molar-refractivity contribution in [1.82, 2.24) is 20.5 Å². The summed E-state index contributed by atoms with van der Waals surface area (Å²) in [7, 11) is 1.58. The summed E-state index contributed by atoms with van der Waals surface area (Å²) in [6, 6.07) is 11.0. The molecule has 0 bridgehead atoms. The number of H-pyrrole nitrogens is 1. The maximum atomic E-state index is 13.8. The molecule has 9 heteroatoms. The maximum Gasteiger partial charge on any atom is 0.271 e. The molecule has 2 aliphatic heterocycles. The molecule has 1 fully saturated rings. The van der Waals surface area contributed by atoms with Gasteiger partial charge in [0.05, 0.1) is 13.2 Å². The predicted octanol–water partition coefficient (Wildman–Crippen LogP) is 3.21. The van der Waals surface area contributed by atoms with Gasteiger partial charge in [-0.1, -0.05) is 35.7 Å². The van der Waals surface area contributed by atoms with Gasteiger partial charge in [0.25, 0.3) is 5.91 Å². The van der Waals surface area contributed by atoms with Gasteiger partial charge in [0.2, 0.25) is 11.8 Å². The van der Waals surface area contributed by atoms with E-state index >= 15 is 0 Å². The number of methoxy groups -OCH3 is 1. The molecule has 37 heavy (non-hydrogen) atoms. The molecule has 3 aromatic rings. The van der Waals surface area contributed by atoms with Gasteiger partial charge >= 0.3 is 0 Å². The van der Waals surface area contributed by atoms with Crippen LogP contribution < -0.4 is 15.4 Å². The number of aromatic nitrogens is 1. The van der Waals surface area contributed by atoms with Crippen LogP contribution in [0.4, 0.5) is 0 Å². The summed E-state index contributed by atoms with van der Waals surface area (Å²) in [5.41, 5.74) is 2.59. The Bertz CT molecular complexity index is 1430. The molecule has 190 valence electrons. The van der Waals surface area contributed by atoms with E-state index in [1.165, 1.54) is 0 Å². The van der Waals surface area contributed by atoms with Crippen LogP contribution in [-0.4, -0.2) is 53.8 Å². The minimum absolute atomic E-state index is 0.0599. The van der Waals surface area contributed by atoms with Crippen LogP contribution in [0.5, 0.6) is 5.75 Å². The monoisotopic (exact) mass is 518 g/mol. The van der Waals surface area contributed by atoms with E-state index in [-0.39, 0.29) is 17.7 Å². The van der Waals surface area contributed by atoms with Crippen LogP contribution in [0.2, 0.25) is 5.02 Å². The van der Waals surface area contributed by atoms with Crippen molar-refractivity contribution < 1.29 is 19.1 Å². The van der Waals surface area contributed by atoms with Gasteiger partial charge in [-0.2, -0.15) is 0 Å². The van der Waals surface area contributed by atoms with E-state index in [1.807, 2.05) is 24.3 Å². The van der Waals surface area contributed by atoms with E-state index in [0.29, 0.717) is 54.4 Å². The molecule has 3 heterocycles. The molecular formula is C28H27ClN4O4. The number of amides is 3. The number of rotatable bonds is 6. The maximum absolute atomic E-state index is 13.8. The molecule has 3 atom stereocenters. The predicted molar refractivity (Wildman–Crippen MR) is 140 cm³/mol. The second-order valence-corrected chi connectivity index (χ2v) is 9.71. The average molecular weight is 519 g/mol. The van der Waals surface area contributed by atoms with Gasteiger partial charge in [0.15, 0.2) is 0 Å². The van der Waals surface area contributed by atoms with E-state index in [1.54, 1.807) is 30.2 Å². The third kappa shape index (κ3) is 4.63. The molecule has 2 aromatic carbocycles. The lowest BCUT2D eigenvalue weighted by Crippen LogP contribution is -2.49. The Morgan fingerprint density at radius 1 is 1.30 bits per heavy atom. The molecule has 2 aliphatic rings. The largest absolute Gasteiger partial charge is 0.496 e. The van der Waals surface area contributed by atoms with Crippen molar-refractivity contribution >= 4 is 40.2 Å². The molecule has 0 saturated carbocycles. The number of halogens is 1. The van der Waals surface area contributed by atoms with Crippen LogP contribution in [0.1, 0.15) is 40.5 Å². The molecule has 1 saturated heterocycles. The number of nitrogens with zero attached hydrogens (tertiary/aromatic N) is 1. The SMILES string of the molecule is C#CC(CC1CCNC1=O)NC(=O)C1c2cccc(Cl)c2CCN1C(=O)c1cc2c(OC)cccc2[nH]1. The smallest absolute Gasteiger partial charge is 0.271 e. The molecule has 8 nitrogen and oxygen atoms in total. The standard InChI is InChI=1S/C28H27ClN4O4/c1-3-17(14-16-10-12-30-26(16)34)31-27(35)25-19-6-4-7-21(29)18(19)11-13-33(25)28(36)23-15-20-22(32-23)8-5-9-24(20)37-2/h1,4-9,15-17,25,32H,10-14H2,2H3,(H,30,34)(H,31,35). The number of nitrogens with one attached hydrogen (secondary N) is 3. The fraction of sp³-hybridized carbons (Fsp3) is 0.321. The Balaban J connectivity index is 1.47. The van der Waals surface area contributed by atoms with Crippen LogP contribution in [0, 0.1) is 18.3 Å². The van der Waals surface area contributed by atoms with Gasteiger partial charge in [-0.25, -0.2) is 0 Å². The molecular weight excluding hydrogens is 492 g/mol. The molecule has 3 unspecified atom stereocenters. The molecule has 0 radical (unpaired) electrons. The number of hydrogen-bond donors (Lipinski definition) is 3. The normalized spacial score (nSPS) is 19.6. The van der Waals surface area contributed by atoms with Crippen LogP contribution in [-0.2, 0) is 16.0 Å². The first-order valence-corrected chi connectivity index (χ1v) is 12.6. The summed E-state index contributed by atoms with van der Waals surface area (Å²) >= 11 is 6.47. The highest BCUT2D eigenvalue weighted by molar-refractivity contribution is 6.31. The van der Waals surface area contributed by atoms with Crippen LogP contribution in [0.25, 0.3) is 10.9 Å². The second-order valence-electron chi connectivity index (χ2n) is 9.30. The van der Waals surface area contributed by atoms with Crippen LogP contribution in [0.3, 0.4) is 0 Å². The molecule has 0 aliphatic carbocycles. The highest BCUT2D eigenvalue weighted by atomic mass is 35.5. The highest BCUT2D eigenvalue weighted by Gasteiger charge is 2.39. The summed E-state index contributed by atoms with van der Waals surface area (Å²) < 4.78 is 5.43. The summed E-state index contributed by atoms with van der Waals surface area (Å²) in [6.07, 6.45) is 7.24. The van der Waals surface area contributed by atoms with Crippen molar-refractivity contribution in [2.45, 2.75) is 31.3 Å². The minimum Gasteiger partial charge on any atom is -0.496 e. The average Bonchev–Trinajstić information content (AvgIpc) is 3.53. The number of hydrogen-bond acceptors (Lipinski definition) is 4. The Labute approximate surface area is 219 Å². The lowest BCUT2D eigenvalue weighted by Gasteiger charge is -2.37. The second kappa shape index (κ2) is 10.2. The zero-order valence-corrected chi connectivity index (χ0v) is 21.1. The Hall–Kier alpha value is -3.96. The van der Waals surface area contributed by atoms with Gasteiger partial charge in [-0.3, -0.25) is 14.4 Å². The summed E-state index contributed by atoms with van der Waals surface area (Å²) in [5.74, 6) is 2.19. The number of aromatic amines is 1. The molecule has 1 aromatic heterocycles. The van der Waals surface area contributed by atoms with E-state index in [9.17, 15) is 14.4 Å². The quantitative estimate of drug-likeness (QED) is 0.436. The van der Waals surface area contributed by atoms with Crippen molar-refractivity contribution in [3.63, 3.8) is 0 Å². The fourth-order valence-electron chi connectivity index (χ4n) is 5.28. The first kappa shape index (κ1) is 24.7. The van der Waals surface area contributed by atoms with Gasteiger partial charge in [-0.15, -0.1) is 6.42 Å². The molecule has 5 rings (SSSR count). The van der Waals surface area contributed by atoms with Crippen molar-refractivity contribution in [1.29, 1.82) is 0 Å². The molecule has 3 amide bonds. The topological polar surface area (TPSA) is 104 Å². The third-order valence-corrected chi connectivity index (χ3v) is 7.50. The van der Waals surface area contributed by atoms with E-state index in [0.717, 1.165) is 16.5 Å². The fourth-order valence-corrected chi connectivity index (χ4v) is 5.55. The zero-order chi connectivity index (χ0) is 26.1. The Morgan fingerprint density at radius 3 is 2.84 bits per heavy atom. The Kier molecular flexibility index (Phi) is 6.81. The number of carbonyl (C=O) groups excluding carboxylic acids is 3. The lowest BCUT2D eigenvalue weighted by atomic mass is 9.91. The van der Waals surface area contributed by atoms with Gasteiger partial charge in [-0.05, 0) is 54.7 Å². The number of fused-ring (bicyclic) bond motifs is 2. The minimum atomic E-state index is -0.934. The highest BCUT2D eigenvalue weighted by Crippen LogP contribution is 2.36. The number of carbonyl (C=O) groups is 3. The van der Waals surface area contributed by atoms with Crippen molar-refractivity contribution in [2.75, 3.05) is 20.2 Å². The van der Waals surface area contributed by atoms with Gasteiger partial charge in [0, 0.05) is 34.9 Å². The number of benzene rings is 2. The first-order chi connectivity index (χ1) is 17.9. The molecule has 0 spiro atoms. The summed E-state index contributed by atoms with van der Waals surface area (Å²) in [4.78, 5) is 44.3. The van der Waals surface area contributed by atoms with E-state index < -0.39 is 18.0 Å². The summed E-state index contributed by atoms with van der Waals surface area (Å²) in [5, 5.41) is 7.02.